The van der Waals surface area contributed by atoms with Gasteiger partial charge in [0.15, 0.2) is 6.10 Å². The van der Waals surface area contributed by atoms with E-state index in [0.29, 0.717) is 6.42 Å². The molecule has 0 aliphatic rings. The van der Waals surface area contributed by atoms with Crippen molar-refractivity contribution in [3.8, 4) is 0 Å². The van der Waals surface area contributed by atoms with Crippen LogP contribution in [-0.4, -0.2) is 41.0 Å². The smallest absolute Gasteiger partial charge is 0.462 e. The first kappa shape index (κ1) is 42.5. The maximum atomic E-state index is 12.3. The van der Waals surface area contributed by atoms with Crippen LogP contribution in [0.1, 0.15) is 168 Å². The molecule has 258 valence electrons. The van der Waals surface area contributed by atoms with Gasteiger partial charge in [-0.3, -0.25) is 14.1 Å². The molecule has 0 fully saturated rings. The fourth-order valence-electron chi connectivity index (χ4n) is 4.84. The molecule has 0 saturated carbocycles. The van der Waals surface area contributed by atoms with Crippen LogP contribution in [0.5, 0.6) is 0 Å². The Kier molecular flexibility index (Phi) is 30.5. The molecule has 0 aromatic rings. The van der Waals surface area contributed by atoms with Crippen LogP contribution in [0.4, 0.5) is 0 Å². The first-order valence-electron chi connectivity index (χ1n) is 17.6. The van der Waals surface area contributed by atoms with Crippen molar-refractivity contribution >= 4 is 19.8 Å². The van der Waals surface area contributed by atoms with Gasteiger partial charge in [0.1, 0.15) is 6.61 Å². The molecule has 8 nitrogen and oxygen atoms in total. The number of phosphoric ester groups is 1. The number of esters is 2. The normalized spacial score (nSPS) is 12.7. The van der Waals surface area contributed by atoms with Gasteiger partial charge in [-0.25, -0.2) is 4.57 Å². The number of rotatable bonds is 32. The third kappa shape index (κ3) is 33.4. The number of carbonyl (C=O) groups is 2. The average molecular weight is 645 g/mol. The molecule has 0 spiro atoms. The van der Waals surface area contributed by atoms with Crippen molar-refractivity contribution in [2.45, 2.75) is 174 Å². The van der Waals surface area contributed by atoms with E-state index in [4.69, 9.17) is 19.3 Å². The van der Waals surface area contributed by atoms with Crippen LogP contribution in [0.25, 0.3) is 0 Å². The van der Waals surface area contributed by atoms with Gasteiger partial charge in [-0.1, -0.05) is 147 Å². The Hall–Kier alpha value is -1.47. The molecular formula is C35H65O8P. The molecule has 0 bridgehead atoms. The maximum absolute atomic E-state index is 12.3. The summed E-state index contributed by atoms with van der Waals surface area (Å²) in [4.78, 5) is 42.5. The van der Waals surface area contributed by atoms with E-state index in [0.717, 1.165) is 32.1 Å². The molecule has 0 rings (SSSR count). The van der Waals surface area contributed by atoms with E-state index in [9.17, 15) is 14.2 Å². The summed E-state index contributed by atoms with van der Waals surface area (Å²) in [6.45, 7) is 3.61. The van der Waals surface area contributed by atoms with Crippen LogP contribution in [0.2, 0.25) is 0 Å². The van der Waals surface area contributed by atoms with Crippen molar-refractivity contribution in [2.75, 3.05) is 13.2 Å². The van der Waals surface area contributed by atoms with Crippen molar-refractivity contribution in [2.24, 2.45) is 0 Å². The predicted molar refractivity (Wildman–Crippen MR) is 179 cm³/mol. The zero-order valence-electron chi connectivity index (χ0n) is 28.1. The topological polar surface area (TPSA) is 119 Å². The predicted octanol–water partition coefficient (Wildman–Crippen LogP) is 10.1. The van der Waals surface area contributed by atoms with E-state index in [1.165, 1.54) is 103 Å². The van der Waals surface area contributed by atoms with Crippen molar-refractivity contribution in [3.05, 3.63) is 24.3 Å². The number of allylic oxidation sites excluding steroid dienone is 4. The number of carbonyl (C=O) groups excluding carboxylic acids is 2. The van der Waals surface area contributed by atoms with Crippen molar-refractivity contribution in [3.63, 3.8) is 0 Å². The van der Waals surface area contributed by atoms with Crippen molar-refractivity contribution < 1.29 is 37.9 Å². The summed E-state index contributed by atoms with van der Waals surface area (Å²) in [7, 11) is -4.75. The van der Waals surface area contributed by atoms with Gasteiger partial charge in [0.25, 0.3) is 0 Å². The second kappa shape index (κ2) is 31.5. The number of hydrogen-bond acceptors (Lipinski definition) is 6. The Balaban J connectivity index is 4.07. The Bertz CT molecular complexity index is 777. The van der Waals surface area contributed by atoms with Gasteiger partial charge in [0, 0.05) is 12.8 Å². The molecule has 44 heavy (non-hydrogen) atoms. The number of phosphoric acid groups is 1. The highest BCUT2D eigenvalue weighted by Gasteiger charge is 2.22. The summed E-state index contributed by atoms with van der Waals surface area (Å²) in [5.41, 5.74) is 0. The lowest BCUT2D eigenvalue weighted by molar-refractivity contribution is -0.161. The number of ether oxygens (including phenoxy) is 2. The molecule has 0 saturated heterocycles. The van der Waals surface area contributed by atoms with Gasteiger partial charge in [0.2, 0.25) is 0 Å². The first-order chi connectivity index (χ1) is 21.3. The minimum absolute atomic E-state index is 0.108. The van der Waals surface area contributed by atoms with Gasteiger partial charge in [-0.2, -0.15) is 0 Å². The monoisotopic (exact) mass is 644 g/mol. The Morgan fingerprint density at radius 2 is 1.07 bits per heavy atom. The van der Waals surface area contributed by atoms with E-state index < -0.39 is 32.5 Å². The van der Waals surface area contributed by atoms with E-state index >= 15 is 0 Å². The summed E-state index contributed by atoms with van der Waals surface area (Å²) in [6, 6.07) is 0. The third-order valence-electron chi connectivity index (χ3n) is 7.49. The van der Waals surface area contributed by atoms with E-state index in [1.807, 2.05) is 12.2 Å². The van der Waals surface area contributed by atoms with Crippen LogP contribution in [0.15, 0.2) is 24.3 Å². The molecule has 0 aliphatic carbocycles. The van der Waals surface area contributed by atoms with Crippen LogP contribution < -0.4 is 0 Å². The molecule has 2 N–H and O–H groups in total. The molecule has 0 heterocycles. The number of hydrogen-bond donors (Lipinski definition) is 2. The summed E-state index contributed by atoms with van der Waals surface area (Å²) < 4.78 is 26.2. The Morgan fingerprint density at radius 1 is 0.591 bits per heavy atom. The lowest BCUT2D eigenvalue weighted by Gasteiger charge is -2.18. The molecule has 9 heteroatoms. The fourth-order valence-corrected chi connectivity index (χ4v) is 5.20. The molecule has 1 atom stereocenters. The summed E-state index contributed by atoms with van der Waals surface area (Å²) in [5.74, 6) is -0.960. The highest BCUT2D eigenvalue weighted by atomic mass is 31.2. The lowest BCUT2D eigenvalue weighted by atomic mass is 10.0. The summed E-state index contributed by atoms with van der Waals surface area (Å²) >= 11 is 0. The van der Waals surface area contributed by atoms with Crippen LogP contribution in [-0.2, 0) is 28.2 Å². The number of unbranched alkanes of at least 4 members (excludes halogenated alkanes) is 18. The Morgan fingerprint density at radius 3 is 1.59 bits per heavy atom. The molecule has 0 aromatic carbocycles. The largest absolute Gasteiger partial charge is 0.469 e. The van der Waals surface area contributed by atoms with Gasteiger partial charge >= 0.3 is 19.8 Å². The van der Waals surface area contributed by atoms with E-state index in [1.54, 1.807) is 0 Å². The molecular weight excluding hydrogens is 579 g/mol. The van der Waals surface area contributed by atoms with Gasteiger partial charge < -0.3 is 19.3 Å². The van der Waals surface area contributed by atoms with Crippen LogP contribution >= 0.6 is 7.82 Å². The van der Waals surface area contributed by atoms with Crippen LogP contribution in [0.3, 0.4) is 0 Å². The molecule has 0 amide bonds. The first-order valence-corrected chi connectivity index (χ1v) is 19.2. The zero-order valence-corrected chi connectivity index (χ0v) is 29.0. The Labute approximate surface area is 269 Å². The third-order valence-corrected chi connectivity index (χ3v) is 7.97. The van der Waals surface area contributed by atoms with E-state index in [-0.39, 0.29) is 19.4 Å². The average Bonchev–Trinajstić information content (AvgIpc) is 2.98. The van der Waals surface area contributed by atoms with Gasteiger partial charge in [0.05, 0.1) is 6.61 Å². The lowest BCUT2D eigenvalue weighted by Crippen LogP contribution is -2.29. The molecule has 0 aliphatic heterocycles. The van der Waals surface area contributed by atoms with Gasteiger partial charge in [-0.05, 0) is 32.1 Å². The minimum Gasteiger partial charge on any atom is -0.462 e. The SMILES string of the molecule is CCCCCCCC/C=C/C/C=C/CCC(=O)OC(COC(=O)CCCCCCCCCCCCCCC)COP(=O)(O)O. The zero-order chi connectivity index (χ0) is 32.6. The highest BCUT2D eigenvalue weighted by molar-refractivity contribution is 7.46. The molecule has 0 radical (unpaired) electrons. The molecule has 0 aromatic heterocycles. The minimum atomic E-state index is -4.75. The summed E-state index contributed by atoms with van der Waals surface area (Å²) in [5, 5.41) is 0. The second-order valence-corrected chi connectivity index (χ2v) is 13.1. The molecule has 1 unspecified atom stereocenters. The highest BCUT2D eigenvalue weighted by Crippen LogP contribution is 2.35. The second-order valence-electron chi connectivity index (χ2n) is 11.8. The van der Waals surface area contributed by atoms with Crippen molar-refractivity contribution in [1.82, 2.24) is 0 Å². The standard InChI is InChI=1S/C35H65O8P/c1-3-5-7-9-11-13-15-17-19-21-23-25-27-29-34(36)41-31-33(32-42-44(38,39)40)43-35(37)30-28-26-24-22-20-18-16-14-12-10-8-6-4-2/h18,20,24,26,33H,3-17,19,21-23,25,27-32H2,1-2H3,(H2,38,39,40)/b20-18+,26-24+. The summed E-state index contributed by atoms with van der Waals surface area (Å²) in [6.07, 6.45) is 33.4. The van der Waals surface area contributed by atoms with Crippen LogP contribution in [0, 0.1) is 0 Å². The van der Waals surface area contributed by atoms with E-state index in [2.05, 4.69) is 30.5 Å². The maximum Gasteiger partial charge on any atom is 0.469 e. The quantitative estimate of drug-likeness (QED) is 0.0321. The van der Waals surface area contributed by atoms with Gasteiger partial charge in [-0.15, -0.1) is 0 Å². The van der Waals surface area contributed by atoms with Crippen molar-refractivity contribution in [1.29, 1.82) is 0 Å². The fraction of sp³-hybridized carbons (Fsp3) is 0.829.